The lowest BCUT2D eigenvalue weighted by Gasteiger charge is -2.47. The molecule has 3 nitrogen and oxygen atoms in total. The summed E-state index contributed by atoms with van der Waals surface area (Å²) in [5, 5.41) is 3.41. The van der Waals surface area contributed by atoms with Gasteiger partial charge >= 0.3 is 0 Å². The number of aromatic nitrogens is 1. The Morgan fingerprint density at radius 1 is 1.20 bits per heavy atom. The fraction of sp³-hybridized carbons (Fsp3) is 0.500. The van der Waals surface area contributed by atoms with Crippen LogP contribution in [0, 0.1) is 11.8 Å². The molecule has 0 spiro atoms. The predicted molar refractivity (Wildman–Crippen MR) is 126 cm³/mol. The van der Waals surface area contributed by atoms with Crippen LogP contribution in [0.2, 0.25) is 0 Å². The number of carbonyl (C=O) groups excluding carboxylic acids is 1. The SMILES string of the molecule is CC(CC(=O)N1CCCC2C(C)CCCC21)c1c[nH]c2cccc(-c3cccs3)c12. The van der Waals surface area contributed by atoms with Crippen molar-refractivity contribution >= 4 is 28.1 Å². The van der Waals surface area contributed by atoms with Gasteiger partial charge in [0, 0.05) is 46.5 Å². The number of hydrogen-bond donors (Lipinski definition) is 1. The van der Waals surface area contributed by atoms with Crippen molar-refractivity contribution in [3.8, 4) is 10.4 Å². The first-order chi connectivity index (χ1) is 14.6. The molecule has 1 saturated carbocycles. The first-order valence-corrected chi connectivity index (χ1v) is 12.4. The lowest BCUT2D eigenvalue weighted by molar-refractivity contribution is -0.138. The number of H-pyrrole nitrogens is 1. The second-order valence-electron chi connectivity index (χ2n) is 9.42. The molecule has 2 fully saturated rings. The van der Waals surface area contributed by atoms with E-state index in [4.69, 9.17) is 0 Å². The van der Waals surface area contributed by atoms with Gasteiger partial charge in [-0.1, -0.05) is 44.9 Å². The zero-order chi connectivity index (χ0) is 20.7. The number of hydrogen-bond acceptors (Lipinski definition) is 2. The average Bonchev–Trinajstić information content (AvgIpc) is 3.43. The van der Waals surface area contributed by atoms with E-state index in [1.165, 1.54) is 53.5 Å². The Labute approximate surface area is 183 Å². The quantitative estimate of drug-likeness (QED) is 0.494. The molecule has 5 rings (SSSR count). The fourth-order valence-corrected chi connectivity index (χ4v) is 6.78. The molecule has 30 heavy (non-hydrogen) atoms. The van der Waals surface area contributed by atoms with Gasteiger partial charge in [-0.3, -0.25) is 4.79 Å². The number of amides is 1. The zero-order valence-corrected chi connectivity index (χ0v) is 18.9. The van der Waals surface area contributed by atoms with Crippen molar-refractivity contribution in [1.82, 2.24) is 9.88 Å². The predicted octanol–water partition coefficient (Wildman–Crippen LogP) is 6.82. The van der Waals surface area contributed by atoms with Crippen LogP contribution < -0.4 is 0 Å². The Morgan fingerprint density at radius 2 is 2.10 bits per heavy atom. The number of rotatable bonds is 4. The summed E-state index contributed by atoms with van der Waals surface area (Å²) in [4.78, 5) is 20.4. The van der Waals surface area contributed by atoms with Gasteiger partial charge in [0.25, 0.3) is 0 Å². The standard InChI is InChI=1S/C26H32N2OS/c1-17-7-3-11-23-19(17)9-5-13-28(23)25(29)15-18(2)21-16-27-22-10-4-8-20(26(21)22)24-12-6-14-30-24/h4,6,8,10,12,14,16-19,23,27H,3,5,7,9,11,13,15H2,1-2H3. The molecule has 4 atom stereocenters. The molecule has 1 aromatic carbocycles. The number of piperidine rings is 1. The maximum Gasteiger partial charge on any atom is 0.223 e. The Morgan fingerprint density at radius 3 is 2.93 bits per heavy atom. The molecule has 1 N–H and O–H groups in total. The molecule has 1 aliphatic carbocycles. The lowest BCUT2D eigenvalue weighted by Crippen LogP contribution is -2.51. The highest BCUT2D eigenvalue weighted by Gasteiger charge is 2.39. The van der Waals surface area contributed by atoms with Crippen LogP contribution in [0.4, 0.5) is 0 Å². The number of fused-ring (bicyclic) bond motifs is 2. The van der Waals surface area contributed by atoms with E-state index in [1.807, 2.05) is 0 Å². The maximum absolute atomic E-state index is 13.4. The summed E-state index contributed by atoms with van der Waals surface area (Å²) in [5.74, 6) is 2.03. The van der Waals surface area contributed by atoms with Gasteiger partial charge in [-0.15, -0.1) is 11.3 Å². The van der Waals surface area contributed by atoms with Crippen molar-refractivity contribution in [3.05, 3.63) is 47.5 Å². The van der Waals surface area contributed by atoms with Crippen LogP contribution in [0.15, 0.2) is 41.9 Å². The van der Waals surface area contributed by atoms with E-state index in [2.05, 4.69) is 65.6 Å². The highest BCUT2D eigenvalue weighted by atomic mass is 32.1. The summed E-state index contributed by atoms with van der Waals surface area (Å²) in [6, 6.07) is 11.2. The van der Waals surface area contributed by atoms with E-state index in [0.717, 1.165) is 18.0 Å². The van der Waals surface area contributed by atoms with E-state index in [0.29, 0.717) is 24.3 Å². The highest BCUT2D eigenvalue weighted by Crippen LogP contribution is 2.41. The second-order valence-corrected chi connectivity index (χ2v) is 10.4. The number of benzene rings is 1. The fourth-order valence-electron chi connectivity index (χ4n) is 6.02. The largest absolute Gasteiger partial charge is 0.361 e. The summed E-state index contributed by atoms with van der Waals surface area (Å²) in [6.07, 6.45) is 9.00. The van der Waals surface area contributed by atoms with Gasteiger partial charge in [0.2, 0.25) is 5.91 Å². The van der Waals surface area contributed by atoms with Crippen LogP contribution in [-0.2, 0) is 4.79 Å². The molecule has 2 aromatic heterocycles. The van der Waals surface area contributed by atoms with Crippen molar-refractivity contribution in [2.75, 3.05) is 6.54 Å². The van der Waals surface area contributed by atoms with E-state index < -0.39 is 0 Å². The van der Waals surface area contributed by atoms with Crippen LogP contribution in [0.1, 0.15) is 63.9 Å². The first-order valence-electron chi connectivity index (χ1n) is 11.6. The summed E-state index contributed by atoms with van der Waals surface area (Å²) < 4.78 is 0. The van der Waals surface area contributed by atoms with Crippen LogP contribution in [0.3, 0.4) is 0 Å². The molecule has 1 saturated heterocycles. The molecule has 3 heterocycles. The molecule has 3 aromatic rings. The summed E-state index contributed by atoms with van der Waals surface area (Å²) in [6.45, 7) is 5.57. The van der Waals surface area contributed by atoms with Crippen molar-refractivity contribution in [1.29, 1.82) is 0 Å². The number of thiophene rings is 1. The minimum Gasteiger partial charge on any atom is -0.361 e. The Balaban J connectivity index is 1.40. The highest BCUT2D eigenvalue weighted by molar-refractivity contribution is 7.13. The molecule has 2 aliphatic rings. The number of aromatic amines is 1. The average molecular weight is 421 g/mol. The second kappa shape index (κ2) is 8.22. The minimum atomic E-state index is 0.203. The van der Waals surface area contributed by atoms with Gasteiger partial charge in [0.1, 0.15) is 0 Å². The van der Waals surface area contributed by atoms with Gasteiger partial charge < -0.3 is 9.88 Å². The van der Waals surface area contributed by atoms with E-state index in [1.54, 1.807) is 11.3 Å². The summed E-state index contributed by atoms with van der Waals surface area (Å²) >= 11 is 1.77. The maximum atomic E-state index is 13.4. The Kier molecular flexibility index (Phi) is 5.44. The van der Waals surface area contributed by atoms with Crippen molar-refractivity contribution in [2.24, 2.45) is 11.8 Å². The molecule has 158 valence electrons. The van der Waals surface area contributed by atoms with Crippen molar-refractivity contribution in [3.63, 3.8) is 0 Å². The minimum absolute atomic E-state index is 0.203. The zero-order valence-electron chi connectivity index (χ0n) is 18.1. The Bertz CT molecular complexity index is 1020. The third-order valence-corrected chi connectivity index (χ3v) is 8.48. The molecule has 4 unspecified atom stereocenters. The van der Waals surface area contributed by atoms with Crippen molar-refractivity contribution in [2.45, 2.75) is 64.3 Å². The molecule has 1 amide bonds. The van der Waals surface area contributed by atoms with Crippen LogP contribution in [0.5, 0.6) is 0 Å². The van der Waals surface area contributed by atoms with Gasteiger partial charge in [-0.05, 0) is 60.1 Å². The topological polar surface area (TPSA) is 36.1 Å². The lowest BCUT2D eigenvalue weighted by atomic mass is 9.72. The molecule has 0 bridgehead atoms. The number of carbonyl (C=O) groups is 1. The number of likely N-dealkylation sites (tertiary alicyclic amines) is 1. The third-order valence-electron chi connectivity index (χ3n) is 7.58. The molecule has 0 radical (unpaired) electrons. The van der Waals surface area contributed by atoms with E-state index >= 15 is 0 Å². The van der Waals surface area contributed by atoms with E-state index in [9.17, 15) is 4.79 Å². The van der Waals surface area contributed by atoms with E-state index in [-0.39, 0.29) is 5.92 Å². The van der Waals surface area contributed by atoms with Gasteiger partial charge in [0.15, 0.2) is 0 Å². The summed E-state index contributed by atoms with van der Waals surface area (Å²) in [7, 11) is 0. The smallest absolute Gasteiger partial charge is 0.223 e. The van der Waals surface area contributed by atoms with Gasteiger partial charge in [0.05, 0.1) is 0 Å². The van der Waals surface area contributed by atoms with Crippen LogP contribution in [-0.4, -0.2) is 28.4 Å². The van der Waals surface area contributed by atoms with Crippen LogP contribution in [0.25, 0.3) is 21.3 Å². The summed E-state index contributed by atoms with van der Waals surface area (Å²) in [5.41, 5.74) is 3.71. The monoisotopic (exact) mass is 420 g/mol. The van der Waals surface area contributed by atoms with Crippen LogP contribution >= 0.6 is 11.3 Å². The Hall–Kier alpha value is -2.07. The normalized spacial score (nSPS) is 25.3. The number of nitrogens with one attached hydrogen (secondary N) is 1. The van der Waals surface area contributed by atoms with Gasteiger partial charge in [-0.25, -0.2) is 0 Å². The first kappa shape index (κ1) is 19.9. The van der Waals surface area contributed by atoms with Gasteiger partial charge in [-0.2, -0.15) is 0 Å². The molecular formula is C26H32N2OS. The molecular weight excluding hydrogens is 388 g/mol. The molecule has 4 heteroatoms. The third kappa shape index (κ3) is 3.49. The number of nitrogens with zero attached hydrogens (tertiary/aromatic N) is 1. The molecule has 1 aliphatic heterocycles. The van der Waals surface area contributed by atoms with Crippen molar-refractivity contribution < 1.29 is 4.79 Å².